The summed E-state index contributed by atoms with van der Waals surface area (Å²) in [5.74, 6) is 0.200. The van der Waals surface area contributed by atoms with Crippen LogP contribution >= 0.6 is 0 Å². The third-order valence-electron chi connectivity index (χ3n) is 2.77. The molecule has 0 radical (unpaired) electrons. The molecule has 0 aromatic heterocycles. The summed E-state index contributed by atoms with van der Waals surface area (Å²) in [4.78, 5) is 11.8. The second-order valence-corrected chi connectivity index (χ2v) is 5.02. The lowest BCUT2D eigenvalue weighted by atomic mass is 10.1. The van der Waals surface area contributed by atoms with E-state index in [2.05, 4.69) is 18.9 Å². The third kappa shape index (κ3) is 3.15. The molecule has 0 unspecified atom stereocenters. The zero-order valence-electron chi connectivity index (χ0n) is 10.7. The van der Waals surface area contributed by atoms with E-state index >= 15 is 0 Å². The maximum Gasteiger partial charge on any atom is 0.248 e. The maximum absolute atomic E-state index is 13.0. The molecule has 0 N–H and O–H groups in total. The molecule has 1 amide bonds. The minimum atomic E-state index is -0.287. The molecule has 1 heterocycles. The van der Waals surface area contributed by atoms with E-state index in [0.29, 0.717) is 18.9 Å². The fourth-order valence-electron chi connectivity index (χ4n) is 2.04. The number of halogens is 1. The molecular formula is C14H17FN2O. The van der Waals surface area contributed by atoms with E-state index in [-0.39, 0.29) is 11.7 Å². The summed E-state index contributed by atoms with van der Waals surface area (Å²) < 4.78 is 13.0. The van der Waals surface area contributed by atoms with E-state index in [9.17, 15) is 9.18 Å². The molecule has 2 rings (SSSR count). The molecule has 0 fully saturated rings. The van der Waals surface area contributed by atoms with Gasteiger partial charge in [-0.15, -0.1) is 0 Å². The molecule has 96 valence electrons. The first-order valence-electron chi connectivity index (χ1n) is 6.16. The lowest BCUT2D eigenvalue weighted by molar-refractivity contribution is -0.129. The van der Waals surface area contributed by atoms with Gasteiger partial charge in [-0.05, 0) is 30.0 Å². The van der Waals surface area contributed by atoms with Crippen LogP contribution in [0.1, 0.15) is 32.3 Å². The van der Waals surface area contributed by atoms with Gasteiger partial charge < -0.3 is 0 Å². The summed E-state index contributed by atoms with van der Waals surface area (Å²) in [6.45, 7) is 4.54. The fourth-order valence-corrected chi connectivity index (χ4v) is 2.04. The second-order valence-electron chi connectivity index (χ2n) is 5.02. The number of hydrogen-bond donors (Lipinski definition) is 0. The van der Waals surface area contributed by atoms with Gasteiger partial charge in [-0.25, -0.2) is 9.40 Å². The lowest BCUT2D eigenvalue weighted by Crippen LogP contribution is -2.20. The van der Waals surface area contributed by atoms with Crippen molar-refractivity contribution in [1.29, 1.82) is 0 Å². The van der Waals surface area contributed by atoms with Crippen molar-refractivity contribution in [2.75, 3.05) is 0 Å². The predicted molar refractivity (Wildman–Crippen MR) is 68.5 cm³/mol. The maximum atomic E-state index is 13.0. The molecule has 4 heteroatoms. The number of hydrazone groups is 1. The van der Waals surface area contributed by atoms with Crippen molar-refractivity contribution in [2.24, 2.45) is 11.0 Å². The second kappa shape index (κ2) is 5.29. The fraction of sp³-hybridized carbons (Fsp3) is 0.429. The van der Waals surface area contributed by atoms with Gasteiger partial charge in [0.2, 0.25) is 5.91 Å². The van der Waals surface area contributed by atoms with Crippen LogP contribution in [0.5, 0.6) is 0 Å². The van der Waals surface area contributed by atoms with Gasteiger partial charge in [0.25, 0.3) is 0 Å². The number of benzene rings is 1. The number of rotatable bonds is 4. The summed E-state index contributed by atoms with van der Waals surface area (Å²) in [6.07, 6.45) is 1.24. The molecule has 0 saturated heterocycles. The quantitative estimate of drug-likeness (QED) is 0.806. The minimum absolute atomic E-state index is 0.00471. The number of amides is 1. The highest BCUT2D eigenvalue weighted by molar-refractivity contribution is 6.04. The highest BCUT2D eigenvalue weighted by Gasteiger charge is 2.24. The molecule has 0 aliphatic carbocycles. The summed E-state index contributed by atoms with van der Waals surface area (Å²) >= 11 is 0. The van der Waals surface area contributed by atoms with Crippen LogP contribution in [0.4, 0.5) is 4.39 Å². The average Bonchev–Trinajstić information content (AvgIpc) is 2.58. The number of hydrogen-bond acceptors (Lipinski definition) is 2. The van der Waals surface area contributed by atoms with Crippen LogP contribution in [0.2, 0.25) is 0 Å². The van der Waals surface area contributed by atoms with Crippen molar-refractivity contribution in [3.05, 3.63) is 35.6 Å². The molecule has 1 aliphatic rings. The van der Waals surface area contributed by atoms with Crippen molar-refractivity contribution in [2.45, 2.75) is 33.2 Å². The van der Waals surface area contributed by atoms with Gasteiger partial charge in [-0.1, -0.05) is 26.0 Å². The molecule has 3 nitrogen and oxygen atoms in total. The summed E-state index contributed by atoms with van der Waals surface area (Å²) in [5, 5.41) is 5.75. The van der Waals surface area contributed by atoms with Crippen molar-refractivity contribution >= 4 is 11.6 Å². The van der Waals surface area contributed by atoms with Crippen LogP contribution in [-0.2, 0) is 11.3 Å². The Bertz CT molecular complexity index is 482. The molecule has 1 aromatic rings. The Morgan fingerprint density at radius 1 is 1.44 bits per heavy atom. The zero-order chi connectivity index (χ0) is 13.1. The van der Waals surface area contributed by atoms with E-state index in [1.165, 1.54) is 17.1 Å². The van der Waals surface area contributed by atoms with E-state index in [0.717, 1.165) is 17.7 Å². The van der Waals surface area contributed by atoms with Crippen molar-refractivity contribution < 1.29 is 9.18 Å². The van der Waals surface area contributed by atoms with Crippen LogP contribution in [0.3, 0.4) is 0 Å². The minimum Gasteiger partial charge on any atom is -0.273 e. The topological polar surface area (TPSA) is 32.7 Å². The molecule has 0 atom stereocenters. The zero-order valence-corrected chi connectivity index (χ0v) is 10.7. The molecule has 1 aliphatic heterocycles. The van der Waals surface area contributed by atoms with Gasteiger partial charge in [-0.3, -0.25) is 4.79 Å². The SMILES string of the molecule is CC(C)CC1=NN(Cc2cccc(F)c2)C(=O)C1. The molecule has 1 aromatic carbocycles. The molecule has 18 heavy (non-hydrogen) atoms. The first kappa shape index (κ1) is 12.7. The van der Waals surface area contributed by atoms with E-state index in [4.69, 9.17) is 0 Å². The van der Waals surface area contributed by atoms with Crippen LogP contribution in [-0.4, -0.2) is 16.6 Å². The van der Waals surface area contributed by atoms with Gasteiger partial charge in [0.15, 0.2) is 0 Å². The van der Waals surface area contributed by atoms with Gasteiger partial charge in [-0.2, -0.15) is 5.10 Å². The standard InChI is InChI=1S/C14H17FN2O/c1-10(2)6-13-8-14(18)17(16-13)9-11-4-3-5-12(15)7-11/h3-5,7,10H,6,8-9H2,1-2H3. The number of carbonyl (C=O) groups excluding carboxylic acids is 1. The summed E-state index contributed by atoms with van der Waals surface area (Å²) in [7, 11) is 0. The molecule has 0 saturated carbocycles. The average molecular weight is 248 g/mol. The Hall–Kier alpha value is -1.71. The van der Waals surface area contributed by atoms with Gasteiger partial charge in [0.1, 0.15) is 5.82 Å². The Morgan fingerprint density at radius 3 is 2.89 bits per heavy atom. The van der Waals surface area contributed by atoms with E-state index < -0.39 is 0 Å². The highest BCUT2D eigenvalue weighted by atomic mass is 19.1. The Balaban J connectivity index is 2.05. The monoisotopic (exact) mass is 248 g/mol. The highest BCUT2D eigenvalue weighted by Crippen LogP contribution is 2.17. The van der Waals surface area contributed by atoms with Crippen molar-refractivity contribution in [3.8, 4) is 0 Å². The predicted octanol–water partition coefficient (Wildman–Crippen LogP) is 2.96. The normalized spacial score (nSPS) is 15.4. The summed E-state index contributed by atoms with van der Waals surface area (Å²) in [6, 6.07) is 6.27. The lowest BCUT2D eigenvalue weighted by Gasteiger charge is -2.11. The third-order valence-corrected chi connectivity index (χ3v) is 2.77. The largest absolute Gasteiger partial charge is 0.273 e. The van der Waals surface area contributed by atoms with E-state index in [1.807, 2.05) is 0 Å². The van der Waals surface area contributed by atoms with Crippen LogP contribution in [0.25, 0.3) is 0 Å². The molecule has 0 bridgehead atoms. The first-order chi connectivity index (χ1) is 8.54. The van der Waals surface area contributed by atoms with Gasteiger partial charge >= 0.3 is 0 Å². The smallest absolute Gasteiger partial charge is 0.248 e. The molecular weight excluding hydrogens is 231 g/mol. The Morgan fingerprint density at radius 2 is 2.22 bits per heavy atom. The van der Waals surface area contributed by atoms with Crippen molar-refractivity contribution in [1.82, 2.24) is 5.01 Å². The van der Waals surface area contributed by atoms with Crippen molar-refractivity contribution in [3.63, 3.8) is 0 Å². The summed E-state index contributed by atoms with van der Waals surface area (Å²) in [5.41, 5.74) is 1.68. The van der Waals surface area contributed by atoms with Crippen LogP contribution in [0.15, 0.2) is 29.4 Å². The first-order valence-corrected chi connectivity index (χ1v) is 6.16. The Labute approximate surface area is 106 Å². The van der Waals surface area contributed by atoms with Crippen LogP contribution in [0, 0.1) is 11.7 Å². The van der Waals surface area contributed by atoms with E-state index in [1.54, 1.807) is 12.1 Å². The van der Waals surface area contributed by atoms with Gasteiger partial charge in [0, 0.05) is 5.71 Å². The van der Waals surface area contributed by atoms with Crippen LogP contribution < -0.4 is 0 Å². The molecule has 0 spiro atoms. The Kier molecular flexibility index (Phi) is 3.75. The van der Waals surface area contributed by atoms with Gasteiger partial charge in [0.05, 0.1) is 13.0 Å². The number of nitrogens with zero attached hydrogens (tertiary/aromatic N) is 2. The number of carbonyl (C=O) groups is 1.